The first-order valence-corrected chi connectivity index (χ1v) is 8.86. The second-order valence-corrected chi connectivity index (χ2v) is 7.62. The zero-order chi connectivity index (χ0) is 14.2. The first kappa shape index (κ1) is 14.0. The van der Waals surface area contributed by atoms with Crippen molar-refractivity contribution >= 4 is 11.6 Å². The van der Waals surface area contributed by atoms with Crippen molar-refractivity contribution in [3.05, 3.63) is 34.9 Å². The van der Waals surface area contributed by atoms with E-state index in [0.717, 1.165) is 29.4 Å². The van der Waals surface area contributed by atoms with Gasteiger partial charge in [-0.2, -0.15) is 0 Å². The molecule has 4 rings (SSSR count). The van der Waals surface area contributed by atoms with Gasteiger partial charge in [0.15, 0.2) is 0 Å². The second kappa shape index (κ2) is 5.91. The van der Waals surface area contributed by atoms with Gasteiger partial charge in [0.1, 0.15) is 0 Å². The molecule has 0 aromatic heterocycles. The van der Waals surface area contributed by atoms with Gasteiger partial charge in [-0.25, -0.2) is 0 Å². The monoisotopic (exact) mass is 304 g/mol. The van der Waals surface area contributed by atoms with Gasteiger partial charge in [-0.3, -0.25) is 9.80 Å². The van der Waals surface area contributed by atoms with Crippen LogP contribution in [-0.4, -0.2) is 42.0 Å². The molecule has 1 aromatic carbocycles. The van der Waals surface area contributed by atoms with Crippen LogP contribution in [0.4, 0.5) is 0 Å². The Kier molecular flexibility index (Phi) is 3.95. The molecule has 0 unspecified atom stereocenters. The summed E-state index contributed by atoms with van der Waals surface area (Å²) in [5.74, 6) is 2.09. The number of benzene rings is 1. The zero-order valence-electron chi connectivity index (χ0n) is 12.7. The zero-order valence-corrected chi connectivity index (χ0v) is 13.4. The number of piperazine rings is 1. The van der Waals surface area contributed by atoms with E-state index in [2.05, 4.69) is 21.9 Å². The predicted molar refractivity (Wildman–Crippen MR) is 87.5 cm³/mol. The van der Waals surface area contributed by atoms with Crippen LogP contribution in [0.1, 0.15) is 31.2 Å². The number of fused-ring (bicyclic) bond motifs is 2. The lowest BCUT2D eigenvalue weighted by molar-refractivity contribution is 0.0680. The molecule has 21 heavy (non-hydrogen) atoms. The molecule has 3 fully saturated rings. The van der Waals surface area contributed by atoms with Crippen LogP contribution in [0.2, 0.25) is 5.02 Å². The van der Waals surface area contributed by atoms with Crippen molar-refractivity contribution < 1.29 is 0 Å². The van der Waals surface area contributed by atoms with Gasteiger partial charge in [-0.15, -0.1) is 0 Å². The van der Waals surface area contributed by atoms with Gasteiger partial charge in [0.05, 0.1) is 0 Å². The topological polar surface area (TPSA) is 6.48 Å². The number of halogens is 1. The molecule has 3 heteroatoms. The number of nitrogens with zero attached hydrogens (tertiary/aromatic N) is 2. The molecule has 1 aliphatic heterocycles. The van der Waals surface area contributed by atoms with E-state index in [1.165, 1.54) is 57.4 Å². The summed E-state index contributed by atoms with van der Waals surface area (Å²) in [6.45, 7) is 6.04. The Balaban J connectivity index is 1.29. The van der Waals surface area contributed by atoms with Crippen LogP contribution in [0.15, 0.2) is 24.3 Å². The van der Waals surface area contributed by atoms with E-state index < -0.39 is 0 Å². The maximum Gasteiger partial charge on any atom is 0.0406 e. The highest BCUT2D eigenvalue weighted by Gasteiger charge is 2.42. The minimum atomic E-state index is 0.833. The van der Waals surface area contributed by atoms with Crippen molar-refractivity contribution in [2.75, 3.05) is 26.2 Å². The standard InChI is InChI=1S/C18H25ClN2/c19-17-5-2-14(3-6-17)13-20-7-9-21(10-8-20)18-12-15-1-4-16(18)11-15/h2-3,5-6,15-16,18H,1,4,7-13H2/t15-,16-,18-/m1/s1. The van der Waals surface area contributed by atoms with Crippen LogP contribution in [0.5, 0.6) is 0 Å². The first-order chi connectivity index (χ1) is 10.3. The van der Waals surface area contributed by atoms with E-state index in [-0.39, 0.29) is 0 Å². The molecule has 0 N–H and O–H groups in total. The van der Waals surface area contributed by atoms with E-state index in [1.807, 2.05) is 12.1 Å². The van der Waals surface area contributed by atoms with E-state index in [9.17, 15) is 0 Å². The van der Waals surface area contributed by atoms with E-state index >= 15 is 0 Å². The lowest BCUT2D eigenvalue weighted by atomic mass is 9.93. The normalized spacial score (nSPS) is 33.7. The molecule has 2 saturated carbocycles. The first-order valence-electron chi connectivity index (χ1n) is 8.49. The minimum absolute atomic E-state index is 0.833. The Morgan fingerprint density at radius 2 is 1.71 bits per heavy atom. The van der Waals surface area contributed by atoms with Crippen LogP contribution >= 0.6 is 11.6 Å². The van der Waals surface area contributed by atoms with Gasteiger partial charge in [0.2, 0.25) is 0 Å². The molecular weight excluding hydrogens is 280 g/mol. The van der Waals surface area contributed by atoms with Crippen LogP contribution in [-0.2, 0) is 6.54 Å². The third-order valence-electron chi connectivity index (χ3n) is 5.90. The Hall–Kier alpha value is -0.570. The second-order valence-electron chi connectivity index (χ2n) is 7.18. The molecule has 0 radical (unpaired) electrons. The fourth-order valence-electron chi connectivity index (χ4n) is 4.76. The molecule has 2 nitrogen and oxygen atoms in total. The Labute approximate surface area is 133 Å². The highest BCUT2D eigenvalue weighted by Crippen LogP contribution is 2.46. The third-order valence-corrected chi connectivity index (χ3v) is 6.15. The summed E-state index contributed by atoms with van der Waals surface area (Å²) in [5.41, 5.74) is 1.38. The number of hydrogen-bond donors (Lipinski definition) is 0. The van der Waals surface area contributed by atoms with Crippen molar-refractivity contribution in [2.45, 2.75) is 38.3 Å². The van der Waals surface area contributed by atoms with E-state index in [0.29, 0.717) is 0 Å². The summed E-state index contributed by atoms with van der Waals surface area (Å²) in [6.07, 6.45) is 6.02. The molecule has 114 valence electrons. The summed E-state index contributed by atoms with van der Waals surface area (Å²) in [6, 6.07) is 9.24. The van der Waals surface area contributed by atoms with Gasteiger partial charge < -0.3 is 0 Å². The van der Waals surface area contributed by atoms with Crippen molar-refractivity contribution in [2.24, 2.45) is 11.8 Å². The van der Waals surface area contributed by atoms with Gasteiger partial charge >= 0.3 is 0 Å². The highest BCUT2D eigenvalue weighted by atomic mass is 35.5. The maximum atomic E-state index is 5.96. The van der Waals surface area contributed by atoms with Crippen molar-refractivity contribution in [1.82, 2.24) is 9.80 Å². The van der Waals surface area contributed by atoms with Crippen LogP contribution in [0, 0.1) is 11.8 Å². The van der Waals surface area contributed by atoms with Crippen molar-refractivity contribution in [3.8, 4) is 0 Å². The lowest BCUT2D eigenvalue weighted by Crippen LogP contribution is -2.51. The summed E-state index contributed by atoms with van der Waals surface area (Å²) in [7, 11) is 0. The van der Waals surface area contributed by atoms with Crippen molar-refractivity contribution in [1.29, 1.82) is 0 Å². The highest BCUT2D eigenvalue weighted by molar-refractivity contribution is 6.30. The van der Waals surface area contributed by atoms with Crippen LogP contribution < -0.4 is 0 Å². The number of rotatable bonds is 3. The fourth-order valence-corrected chi connectivity index (χ4v) is 4.89. The molecule has 1 aromatic rings. The molecule has 3 atom stereocenters. The lowest BCUT2D eigenvalue weighted by Gasteiger charge is -2.41. The predicted octanol–water partition coefficient (Wildman–Crippen LogP) is 3.65. The smallest absolute Gasteiger partial charge is 0.0406 e. The molecular formula is C18H25ClN2. The largest absolute Gasteiger partial charge is 0.298 e. The van der Waals surface area contributed by atoms with Gasteiger partial charge in [0, 0.05) is 43.8 Å². The third kappa shape index (κ3) is 2.99. The van der Waals surface area contributed by atoms with Gasteiger partial charge in [0.25, 0.3) is 0 Å². The Morgan fingerprint density at radius 3 is 2.33 bits per heavy atom. The van der Waals surface area contributed by atoms with Crippen LogP contribution in [0.25, 0.3) is 0 Å². The average Bonchev–Trinajstić information content (AvgIpc) is 3.13. The average molecular weight is 305 g/mol. The summed E-state index contributed by atoms with van der Waals surface area (Å²) >= 11 is 5.96. The van der Waals surface area contributed by atoms with Gasteiger partial charge in [-0.1, -0.05) is 30.2 Å². The molecule has 1 heterocycles. The molecule has 0 amide bonds. The van der Waals surface area contributed by atoms with Crippen LogP contribution in [0.3, 0.4) is 0 Å². The maximum absolute atomic E-state index is 5.96. The van der Waals surface area contributed by atoms with E-state index in [1.54, 1.807) is 0 Å². The molecule has 3 aliphatic rings. The van der Waals surface area contributed by atoms with Gasteiger partial charge in [-0.05, 0) is 48.8 Å². The fraction of sp³-hybridized carbons (Fsp3) is 0.667. The molecule has 2 bridgehead atoms. The minimum Gasteiger partial charge on any atom is -0.298 e. The quantitative estimate of drug-likeness (QED) is 0.841. The molecule has 1 saturated heterocycles. The molecule has 2 aliphatic carbocycles. The van der Waals surface area contributed by atoms with Crippen molar-refractivity contribution in [3.63, 3.8) is 0 Å². The Bertz CT molecular complexity index is 478. The summed E-state index contributed by atoms with van der Waals surface area (Å²) in [5, 5.41) is 0.833. The number of hydrogen-bond acceptors (Lipinski definition) is 2. The summed E-state index contributed by atoms with van der Waals surface area (Å²) < 4.78 is 0. The van der Waals surface area contributed by atoms with E-state index in [4.69, 9.17) is 11.6 Å². The summed E-state index contributed by atoms with van der Waals surface area (Å²) in [4.78, 5) is 5.38. The molecule has 0 spiro atoms. The SMILES string of the molecule is Clc1ccc(CN2CCN([C@@H]3C[C@@H]4CC[C@@H]3C4)CC2)cc1. The Morgan fingerprint density at radius 1 is 0.952 bits per heavy atom.